The number of rotatable bonds is 4. The number of carbonyl (C=O) groups is 2. The molecule has 6 nitrogen and oxygen atoms in total. The molecule has 0 saturated carbocycles. The van der Waals surface area contributed by atoms with E-state index in [-0.39, 0.29) is 29.0 Å². The van der Waals surface area contributed by atoms with E-state index in [1.54, 1.807) is 4.90 Å². The number of nitrogens with one attached hydrogen (secondary N) is 1. The van der Waals surface area contributed by atoms with Crippen molar-refractivity contribution < 1.29 is 22.8 Å². The van der Waals surface area contributed by atoms with Crippen LogP contribution in [0.3, 0.4) is 0 Å². The van der Waals surface area contributed by atoms with Gasteiger partial charge in [-0.1, -0.05) is 13.0 Å². The smallest absolute Gasteiger partial charge is 0.346 e. The van der Waals surface area contributed by atoms with Crippen LogP contribution in [-0.4, -0.2) is 59.0 Å². The Bertz CT molecular complexity index is 1060. The number of carbonyl (C=O) groups excluding carboxylic acids is 2. The Balaban J connectivity index is 1.48. The molecule has 1 N–H and O–H groups in total. The molecule has 2 aromatic rings. The van der Waals surface area contributed by atoms with Gasteiger partial charge in [-0.3, -0.25) is 19.5 Å². The summed E-state index contributed by atoms with van der Waals surface area (Å²) in [7, 11) is 1.83. The second-order valence-corrected chi connectivity index (χ2v) is 9.03. The molecule has 2 aliphatic rings. The van der Waals surface area contributed by atoms with E-state index in [2.05, 4.69) is 22.1 Å². The van der Waals surface area contributed by atoms with E-state index >= 15 is 0 Å². The predicted molar refractivity (Wildman–Crippen MR) is 118 cm³/mol. The average Bonchev–Trinajstić information content (AvgIpc) is 2.74. The van der Waals surface area contributed by atoms with Gasteiger partial charge in [0.2, 0.25) is 5.91 Å². The van der Waals surface area contributed by atoms with Gasteiger partial charge in [0.15, 0.2) is 0 Å². The van der Waals surface area contributed by atoms with E-state index in [1.807, 2.05) is 25.2 Å². The number of amides is 2. The number of anilines is 1. The highest BCUT2D eigenvalue weighted by Crippen LogP contribution is 2.33. The Labute approximate surface area is 190 Å². The van der Waals surface area contributed by atoms with Crippen LogP contribution in [0.15, 0.2) is 36.7 Å². The van der Waals surface area contributed by atoms with Gasteiger partial charge in [0.1, 0.15) is 0 Å². The summed E-state index contributed by atoms with van der Waals surface area (Å²) < 4.78 is 38.0. The first-order valence-corrected chi connectivity index (χ1v) is 11.0. The average molecular weight is 461 g/mol. The maximum Gasteiger partial charge on any atom is 0.393 e. The molecule has 1 saturated heterocycles. The van der Waals surface area contributed by atoms with Crippen molar-refractivity contribution in [2.75, 3.05) is 25.5 Å². The van der Waals surface area contributed by atoms with Gasteiger partial charge in [-0.15, -0.1) is 0 Å². The number of alkyl halides is 3. The molecule has 1 fully saturated rings. The molecule has 0 spiro atoms. The number of piperidine rings is 1. The van der Waals surface area contributed by atoms with Gasteiger partial charge in [0, 0.05) is 57.2 Å². The number of fused-ring (bicyclic) bond motifs is 1. The summed E-state index contributed by atoms with van der Waals surface area (Å²) in [5.74, 6) is -0.0586. The van der Waals surface area contributed by atoms with Crippen molar-refractivity contribution in [3.05, 3.63) is 58.9 Å². The van der Waals surface area contributed by atoms with Gasteiger partial charge in [0.05, 0.1) is 12.0 Å². The van der Waals surface area contributed by atoms with Crippen molar-refractivity contribution in [2.24, 2.45) is 0 Å². The fraction of sp³-hybridized carbons (Fsp3) is 0.458. The van der Waals surface area contributed by atoms with Crippen LogP contribution in [0.2, 0.25) is 0 Å². The first-order chi connectivity index (χ1) is 15.6. The van der Waals surface area contributed by atoms with Crippen LogP contribution in [0.4, 0.5) is 18.9 Å². The molecule has 3 heterocycles. The third-order valence-corrected chi connectivity index (χ3v) is 6.43. The SMILES string of the molecule is C[C@H]1CN(C2CCN(C)C(=O)C2)Cc2cc(NC(=O)c3cncc(CC(F)(F)F)c3)ccc21. The molecule has 1 unspecified atom stereocenters. The number of pyridine rings is 1. The van der Waals surface area contributed by atoms with Crippen molar-refractivity contribution in [1.82, 2.24) is 14.8 Å². The Morgan fingerprint density at radius 3 is 2.76 bits per heavy atom. The predicted octanol–water partition coefficient (Wildman–Crippen LogP) is 3.98. The highest BCUT2D eigenvalue weighted by atomic mass is 19.4. The van der Waals surface area contributed by atoms with Crippen molar-refractivity contribution in [3.8, 4) is 0 Å². The molecule has 0 radical (unpaired) electrons. The van der Waals surface area contributed by atoms with Crippen molar-refractivity contribution >= 4 is 17.5 Å². The van der Waals surface area contributed by atoms with Crippen LogP contribution in [0.1, 0.15) is 52.7 Å². The number of aromatic nitrogens is 1. The van der Waals surface area contributed by atoms with Crippen LogP contribution in [0.25, 0.3) is 0 Å². The Morgan fingerprint density at radius 2 is 2.03 bits per heavy atom. The second kappa shape index (κ2) is 9.13. The molecule has 0 bridgehead atoms. The number of hydrogen-bond donors (Lipinski definition) is 1. The first-order valence-electron chi connectivity index (χ1n) is 11.0. The van der Waals surface area contributed by atoms with Gasteiger partial charge in [-0.05, 0) is 47.2 Å². The van der Waals surface area contributed by atoms with E-state index < -0.39 is 18.5 Å². The van der Waals surface area contributed by atoms with Gasteiger partial charge in [-0.25, -0.2) is 0 Å². The maximum absolute atomic E-state index is 12.7. The normalized spacial score (nSPS) is 21.6. The zero-order valence-electron chi connectivity index (χ0n) is 18.7. The van der Waals surface area contributed by atoms with Crippen LogP contribution in [0, 0.1) is 0 Å². The summed E-state index contributed by atoms with van der Waals surface area (Å²) in [5.41, 5.74) is 2.89. The molecular weight excluding hydrogens is 433 g/mol. The van der Waals surface area contributed by atoms with Crippen molar-refractivity contribution in [2.45, 2.75) is 50.9 Å². The minimum Gasteiger partial charge on any atom is -0.346 e. The lowest BCUT2D eigenvalue weighted by atomic mass is 9.88. The van der Waals surface area contributed by atoms with Crippen LogP contribution in [0.5, 0.6) is 0 Å². The standard InChI is InChI=1S/C24H27F3N4O2/c1-15-13-31(20-5-6-30(2)22(32)9-20)14-18-8-19(3-4-21(15)18)29-23(33)17-7-16(11-28-12-17)10-24(25,26)27/h3-4,7-8,11-12,15,20H,5-6,9-10,13-14H2,1-2H3,(H,29,33)/t15-,20?/m0/s1. The summed E-state index contributed by atoms with van der Waals surface area (Å²) in [6.45, 7) is 4.46. The van der Waals surface area contributed by atoms with E-state index in [9.17, 15) is 22.8 Å². The van der Waals surface area contributed by atoms with Crippen LogP contribution in [-0.2, 0) is 17.8 Å². The highest BCUT2D eigenvalue weighted by Gasteiger charge is 2.32. The summed E-state index contributed by atoms with van der Waals surface area (Å²) in [5, 5.41) is 2.78. The van der Waals surface area contributed by atoms with Gasteiger partial charge < -0.3 is 10.2 Å². The van der Waals surface area contributed by atoms with E-state index in [4.69, 9.17) is 0 Å². The number of benzene rings is 1. The lowest BCUT2D eigenvalue weighted by Crippen LogP contribution is -2.48. The third-order valence-electron chi connectivity index (χ3n) is 6.43. The Kier molecular flexibility index (Phi) is 6.43. The second-order valence-electron chi connectivity index (χ2n) is 9.03. The molecule has 2 amide bonds. The zero-order valence-corrected chi connectivity index (χ0v) is 18.7. The fourth-order valence-corrected chi connectivity index (χ4v) is 4.69. The molecule has 4 rings (SSSR count). The van der Waals surface area contributed by atoms with E-state index in [0.717, 1.165) is 31.3 Å². The zero-order chi connectivity index (χ0) is 23.8. The van der Waals surface area contributed by atoms with Gasteiger partial charge >= 0.3 is 6.18 Å². The van der Waals surface area contributed by atoms with Gasteiger partial charge in [0.25, 0.3) is 5.91 Å². The summed E-state index contributed by atoms with van der Waals surface area (Å²) in [6.07, 6.45) is -1.68. The number of hydrogen-bond acceptors (Lipinski definition) is 4. The lowest BCUT2D eigenvalue weighted by Gasteiger charge is -2.41. The Morgan fingerprint density at radius 1 is 1.24 bits per heavy atom. The molecule has 2 aliphatic heterocycles. The largest absolute Gasteiger partial charge is 0.393 e. The molecule has 2 atom stereocenters. The minimum atomic E-state index is -4.36. The minimum absolute atomic E-state index is 0.0577. The van der Waals surface area contributed by atoms with Crippen LogP contribution >= 0.6 is 0 Å². The number of halogens is 3. The topological polar surface area (TPSA) is 65.5 Å². The number of nitrogens with zero attached hydrogens (tertiary/aromatic N) is 3. The fourth-order valence-electron chi connectivity index (χ4n) is 4.69. The Hall–Kier alpha value is -2.94. The third kappa shape index (κ3) is 5.52. The summed E-state index contributed by atoms with van der Waals surface area (Å²) >= 11 is 0. The van der Waals surface area contributed by atoms with Gasteiger partial charge in [-0.2, -0.15) is 13.2 Å². The van der Waals surface area contributed by atoms with Crippen molar-refractivity contribution in [3.63, 3.8) is 0 Å². The lowest BCUT2D eigenvalue weighted by molar-refractivity contribution is -0.134. The number of likely N-dealkylation sites (tertiary alicyclic amines) is 1. The molecule has 0 aliphatic carbocycles. The molecule has 176 valence electrons. The van der Waals surface area contributed by atoms with Crippen molar-refractivity contribution in [1.29, 1.82) is 0 Å². The highest BCUT2D eigenvalue weighted by molar-refractivity contribution is 6.04. The first kappa shape index (κ1) is 23.2. The van der Waals surface area contributed by atoms with Crippen LogP contribution < -0.4 is 5.32 Å². The van der Waals surface area contributed by atoms with E-state index in [1.165, 1.54) is 17.8 Å². The molecular formula is C24H27F3N4O2. The summed E-state index contributed by atoms with van der Waals surface area (Å²) in [6, 6.07) is 7.14. The van der Waals surface area contributed by atoms with E-state index in [0.29, 0.717) is 18.7 Å². The molecule has 33 heavy (non-hydrogen) atoms. The summed E-state index contributed by atoms with van der Waals surface area (Å²) in [4.78, 5) is 32.7. The molecule has 1 aromatic heterocycles. The monoisotopic (exact) mass is 460 g/mol. The maximum atomic E-state index is 12.7. The molecule has 9 heteroatoms. The quantitative estimate of drug-likeness (QED) is 0.750. The molecule has 1 aromatic carbocycles.